The third-order valence-corrected chi connectivity index (χ3v) is 5.89. The second-order valence-corrected chi connectivity index (χ2v) is 9.52. The SMILES string of the molecule is CC(C)NC[C@]1(N)C[C@H]1CO.CC(C)NC[C@]1(N)C[C@H]1COCc1ccccc1. The molecule has 6 nitrogen and oxygen atoms in total. The third kappa shape index (κ3) is 8.32. The molecule has 7 N–H and O–H groups in total. The maximum absolute atomic E-state index is 8.80. The second-order valence-electron chi connectivity index (χ2n) is 9.52. The molecule has 0 saturated heterocycles. The summed E-state index contributed by atoms with van der Waals surface area (Å²) in [6.45, 7) is 11.9. The molecule has 0 amide bonds. The Bertz CT molecular complexity index is 598. The van der Waals surface area contributed by atoms with Gasteiger partial charge >= 0.3 is 0 Å². The molecule has 1 aromatic rings. The first kappa shape index (κ1) is 24.3. The van der Waals surface area contributed by atoms with Crippen LogP contribution in [0.4, 0.5) is 0 Å². The van der Waals surface area contributed by atoms with E-state index >= 15 is 0 Å². The average Bonchev–Trinajstić information content (AvgIpc) is 3.55. The minimum atomic E-state index is -0.112. The Morgan fingerprint density at radius 1 is 0.966 bits per heavy atom. The molecule has 0 aliphatic heterocycles. The van der Waals surface area contributed by atoms with Crippen LogP contribution in [0.1, 0.15) is 46.1 Å². The zero-order valence-electron chi connectivity index (χ0n) is 18.7. The number of aliphatic hydroxyl groups excluding tert-OH is 1. The van der Waals surface area contributed by atoms with Crippen LogP contribution in [0.3, 0.4) is 0 Å². The van der Waals surface area contributed by atoms with Crippen LogP contribution in [0, 0.1) is 11.8 Å². The molecule has 2 saturated carbocycles. The molecule has 0 unspecified atom stereocenters. The lowest BCUT2D eigenvalue weighted by molar-refractivity contribution is 0.106. The van der Waals surface area contributed by atoms with Crippen LogP contribution in [-0.2, 0) is 11.3 Å². The van der Waals surface area contributed by atoms with Gasteiger partial charge in [0.05, 0.1) is 13.2 Å². The van der Waals surface area contributed by atoms with E-state index < -0.39 is 0 Å². The molecule has 29 heavy (non-hydrogen) atoms. The van der Waals surface area contributed by atoms with E-state index in [-0.39, 0.29) is 17.7 Å². The molecule has 0 radical (unpaired) electrons. The summed E-state index contributed by atoms with van der Waals surface area (Å²) in [5.41, 5.74) is 13.3. The first-order valence-electron chi connectivity index (χ1n) is 11.0. The predicted octanol–water partition coefficient (Wildman–Crippen LogP) is 1.61. The average molecular weight is 407 g/mol. The molecule has 6 heteroatoms. The molecule has 4 atom stereocenters. The van der Waals surface area contributed by atoms with E-state index in [1.807, 2.05) is 18.2 Å². The highest BCUT2D eigenvalue weighted by Gasteiger charge is 2.50. The van der Waals surface area contributed by atoms with E-state index in [4.69, 9.17) is 21.3 Å². The molecular weight excluding hydrogens is 364 g/mol. The lowest BCUT2D eigenvalue weighted by Crippen LogP contribution is -2.41. The summed E-state index contributed by atoms with van der Waals surface area (Å²) in [6, 6.07) is 11.2. The van der Waals surface area contributed by atoms with Crippen molar-refractivity contribution in [3.8, 4) is 0 Å². The molecule has 166 valence electrons. The van der Waals surface area contributed by atoms with Crippen LogP contribution in [-0.4, -0.2) is 54.6 Å². The first-order chi connectivity index (χ1) is 13.7. The van der Waals surface area contributed by atoms with E-state index in [0.29, 0.717) is 30.5 Å². The van der Waals surface area contributed by atoms with Crippen molar-refractivity contribution < 1.29 is 9.84 Å². The van der Waals surface area contributed by atoms with Crippen molar-refractivity contribution in [2.45, 2.75) is 70.3 Å². The fourth-order valence-corrected chi connectivity index (χ4v) is 3.39. The van der Waals surface area contributed by atoms with Crippen LogP contribution < -0.4 is 22.1 Å². The second kappa shape index (κ2) is 10.8. The quantitative estimate of drug-likeness (QED) is 0.382. The van der Waals surface area contributed by atoms with E-state index in [1.165, 1.54) is 5.56 Å². The smallest absolute Gasteiger partial charge is 0.0717 e. The van der Waals surface area contributed by atoms with E-state index in [9.17, 15) is 0 Å². The molecule has 0 spiro atoms. The summed E-state index contributed by atoms with van der Waals surface area (Å²) < 4.78 is 5.74. The third-order valence-electron chi connectivity index (χ3n) is 5.89. The van der Waals surface area contributed by atoms with Crippen LogP contribution >= 0.6 is 0 Å². The van der Waals surface area contributed by atoms with Crippen LogP contribution in [0.15, 0.2) is 30.3 Å². The van der Waals surface area contributed by atoms with Crippen LogP contribution in [0.5, 0.6) is 0 Å². The van der Waals surface area contributed by atoms with Gasteiger partial charge in [0.25, 0.3) is 0 Å². The normalized spacial score (nSPS) is 30.2. The minimum Gasteiger partial charge on any atom is -0.396 e. The van der Waals surface area contributed by atoms with Crippen molar-refractivity contribution in [1.29, 1.82) is 0 Å². The van der Waals surface area contributed by atoms with Crippen molar-refractivity contribution in [3.63, 3.8) is 0 Å². The highest BCUT2D eigenvalue weighted by molar-refractivity contribution is 5.14. The zero-order valence-corrected chi connectivity index (χ0v) is 18.7. The number of aliphatic hydroxyl groups is 1. The van der Waals surface area contributed by atoms with Gasteiger partial charge in [-0.15, -0.1) is 0 Å². The highest BCUT2D eigenvalue weighted by Crippen LogP contribution is 2.41. The van der Waals surface area contributed by atoms with Crippen molar-refractivity contribution in [3.05, 3.63) is 35.9 Å². The largest absolute Gasteiger partial charge is 0.396 e. The summed E-state index contributed by atoms with van der Waals surface area (Å²) in [7, 11) is 0. The summed E-state index contributed by atoms with van der Waals surface area (Å²) in [6.07, 6.45) is 2.03. The fraction of sp³-hybridized carbons (Fsp3) is 0.739. The Kier molecular flexibility index (Phi) is 9.07. The number of nitrogens with two attached hydrogens (primary N) is 2. The standard InChI is InChI=1S/C15H24N2O.C8H18N2O/c1-12(2)17-11-15(16)8-14(15)10-18-9-13-6-4-3-5-7-13;1-6(2)10-5-8(9)3-7(8)4-11/h3-7,12,14,17H,8-11,16H2,1-2H3;6-7,10-11H,3-5,9H2,1-2H3/t14-,15+;7-,8+/m00/s1. The Morgan fingerprint density at radius 3 is 1.97 bits per heavy atom. The van der Waals surface area contributed by atoms with Gasteiger partial charge in [-0.1, -0.05) is 58.0 Å². The van der Waals surface area contributed by atoms with E-state index in [2.05, 4.69) is 50.5 Å². The molecule has 2 aliphatic rings. The Labute approximate surface area is 176 Å². The van der Waals surface area contributed by atoms with Gasteiger partial charge in [-0.25, -0.2) is 0 Å². The fourth-order valence-electron chi connectivity index (χ4n) is 3.39. The Balaban J connectivity index is 0.000000234. The number of rotatable bonds is 11. The minimum absolute atomic E-state index is 0.0407. The van der Waals surface area contributed by atoms with Gasteiger partial charge in [-0.2, -0.15) is 0 Å². The molecule has 1 aromatic carbocycles. The number of hydrogen-bond donors (Lipinski definition) is 5. The number of ether oxygens (including phenoxy) is 1. The van der Waals surface area contributed by atoms with Gasteiger partial charge < -0.3 is 31.9 Å². The van der Waals surface area contributed by atoms with Crippen molar-refractivity contribution in [2.75, 3.05) is 26.3 Å². The maximum Gasteiger partial charge on any atom is 0.0717 e. The Morgan fingerprint density at radius 2 is 1.48 bits per heavy atom. The molecule has 0 aromatic heterocycles. The maximum atomic E-state index is 8.80. The van der Waals surface area contributed by atoms with E-state index in [1.54, 1.807) is 0 Å². The van der Waals surface area contributed by atoms with Gasteiger partial charge in [0.2, 0.25) is 0 Å². The van der Waals surface area contributed by atoms with Crippen molar-refractivity contribution in [1.82, 2.24) is 10.6 Å². The zero-order chi connectivity index (χ0) is 21.5. The van der Waals surface area contributed by atoms with E-state index in [0.717, 1.165) is 32.5 Å². The van der Waals surface area contributed by atoms with Crippen LogP contribution in [0.2, 0.25) is 0 Å². The molecule has 2 fully saturated rings. The van der Waals surface area contributed by atoms with Gasteiger partial charge in [-0.05, 0) is 18.4 Å². The topological polar surface area (TPSA) is 106 Å². The monoisotopic (exact) mass is 406 g/mol. The molecular formula is C23H42N4O2. The van der Waals surface area contributed by atoms with Crippen LogP contribution in [0.25, 0.3) is 0 Å². The lowest BCUT2D eigenvalue weighted by Gasteiger charge is -2.15. The number of hydrogen-bond acceptors (Lipinski definition) is 6. The molecule has 0 heterocycles. The summed E-state index contributed by atoms with van der Waals surface area (Å²) in [5.74, 6) is 0.834. The predicted molar refractivity (Wildman–Crippen MR) is 120 cm³/mol. The first-order valence-corrected chi connectivity index (χ1v) is 11.0. The van der Waals surface area contributed by atoms with Gasteiger partial charge in [0.15, 0.2) is 0 Å². The van der Waals surface area contributed by atoms with Gasteiger partial charge in [0.1, 0.15) is 0 Å². The number of benzene rings is 1. The Hall–Kier alpha value is -1.02. The molecule has 2 aliphatic carbocycles. The highest BCUT2D eigenvalue weighted by atomic mass is 16.5. The van der Waals surface area contributed by atoms with Crippen molar-refractivity contribution in [2.24, 2.45) is 23.3 Å². The van der Waals surface area contributed by atoms with Gasteiger partial charge in [-0.3, -0.25) is 0 Å². The molecule has 0 bridgehead atoms. The summed E-state index contributed by atoms with van der Waals surface area (Å²) >= 11 is 0. The molecule has 3 rings (SSSR count). The summed E-state index contributed by atoms with van der Waals surface area (Å²) in [4.78, 5) is 0. The lowest BCUT2D eigenvalue weighted by atomic mass is 10.2. The number of nitrogens with one attached hydrogen (secondary N) is 2. The van der Waals surface area contributed by atoms with Crippen molar-refractivity contribution >= 4 is 0 Å². The summed E-state index contributed by atoms with van der Waals surface area (Å²) in [5, 5.41) is 15.5. The van der Waals surface area contributed by atoms with Gasteiger partial charge in [0, 0.05) is 54.7 Å².